The third-order valence-electron chi connectivity index (χ3n) is 2.08. The fourth-order valence-corrected chi connectivity index (χ4v) is 1.29. The summed E-state index contributed by atoms with van der Waals surface area (Å²) in [6.45, 7) is 2.01. The van der Waals surface area contributed by atoms with Crippen molar-refractivity contribution in [3.63, 3.8) is 0 Å². The standard InChI is InChI=1S/C10H10N2/c1-7-8-4-2-3-5-10(8)12-6-9(7)11/h2-6H,11H2,1H3. The van der Waals surface area contributed by atoms with Crippen molar-refractivity contribution in [3.05, 3.63) is 36.0 Å². The molecule has 0 aliphatic carbocycles. The quantitative estimate of drug-likeness (QED) is 0.637. The minimum atomic E-state index is 0.758. The summed E-state index contributed by atoms with van der Waals surface area (Å²) in [6.07, 6.45) is 1.71. The lowest BCUT2D eigenvalue weighted by Gasteiger charge is -2.02. The number of aromatic nitrogens is 1. The number of hydrogen-bond donors (Lipinski definition) is 1. The van der Waals surface area contributed by atoms with E-state index in [-0.39, 0.29) is 0 Å². The number of nitrogens with two attached hydrogens (primary N) is 1. The van der Waals surface area contributed by atoms with Gasteiger partial charge >= 0.3 is 0 Å². The van der Waals surface area contributed by atoms with Gasteiger partial charge in [0.15, 0.2) is 0 Å². The van der Waals surface area contributed by atoms with Crippen LogP contribution >= 0.6 is 0 Å². The molecule has 1 aromatic heterocycles. The van der Waals surface area contributed by atoms with Crippen molar-refractivity contribution < 1.29 is 0 Å². The molecule has 2 nitrogen and oxygen atoms in total. The topological polar surface area (TPSA) is 38.9 Å². The number of anilines is 1. The molecule has 2 N–H and O–H groups in total. The number of para-hydroxylation sites is 1. The Morgan fingerprint density at radius 2 is 2.00 bits per heavy atom. The first-order valence-corrected chi connectivity index (χ1v) is 3.89. The lowest BCUT2D eigenvalue weighted by molar-refractivity contribution is 1.37. The normalized spacial score (nSPS) is 10.4. The summed E-state index contributed by atoms with van der Waals surface area (Å²) >= 11 is 0. The Hall–Kier alpha value is -1.57. The Bertz CT molecular complexity index is 421. The zero-order valence-corrected chi connectivity index (χ0v) is 6.91. The van der Waals surface area contributed by atoms with Gasteiger partial charge in [-0.3, -0.25) is 4.98 Å². The third kappa shape index (κ3) is 0.925. The molecule has 1 heterocycles. The summed E-state index contributed by atoms with van der Waals surface area (Å²) < 4.78 is 0. The second kappa shape index (κ2) is 2.48. The van der Waals surface area contributed by atoms with Crippen molar-refractivity contribution in [3.8, 4) is 0 Å². The average molecular weight is 158 g/mol. The van der Waals surface area contributed by atoms with Gasteiger partial charge in [0.2, 0.25) is 0 Å². The van der Waals surface area contributed by atoms with Crippen molar-refractivity contribution >= 4 is 16.6 Å². The molecule has 0 atom stereocenters. The van der Waals surface area contributed by atoms with Gasteiger partial charge in [-0.05, 0) is 18.6 Å². The van der Waals surface area contributed by atoms with E-state index in [0.29, 0.717) is 0 Å². The number of nitrogens with zero attached hydrogens (tertiary/aromatic N) is 1. The van der Waals surface area contributed by atoms with E-state index in [0.717, 1.165) is 22.2 Å². The van der Waals surface area contributed by atoms with E-state index in [4.69, 9.17) is 5.73 Å². The maximum absolute atomic E-state index is 5.72. The molecule has 60 valence electrons. The van der Waals surface area contributed by atoms with E-state index in [1.807, 2.05) is 31.2 Å². The monoisotopic (exact) mass is 158 g/mol. The Balaban J connectivity index is 2.91. The number of fused-ring (bicyclic) bond motifs is 1. The smallest absolute Gasteiger partial charge is 0.0706 e. The number of benzene rings is 1. The summed E-state index contributed by atoms with van der Waals surface area (Å²) in [7, 11) is 0. The molecule has 2 rings (SSSR count). The molecule has 0 radical (unpaired) electrons. The molecule has 0 unspecified atom stereocenters. The van der Waals surface area contributed by atoms with Crippen molar-refractivity contribution in [1.29, 1.82) is 0 Å². The van der Waals surface area contributed by atoms with Crippen molar-refractivity contribution in [2.24, 2.45) is 0 Å². The first kappa shape index (κ1) is 7.10. The van der Waals surface area contributed by atoms with E-state index in [1.165, 1.54) is 0 Å². The highest BCUT2D eigenvalue weighted by atomic mass is 14.7. The van der Waals surface area contributed by atoms with E-state index >= 15 is 0 Å². The second-order valence-corrected chi connectivity index (χ2v) is 2.86. The van der Waals surface area contributed by atoms with E-state index < -0.39 is 0 Å². The molecule has 12 heavy (non-hydrogen) atoms. The van der Waals surface area contributed by atoms with Gasteiger partial charge < -0.3 is 5.73 Å². The Labute approximate surface area is 71.0 Å². The van der Waals surface area contributed by atoms with Gasteiger partial charge in [0.25, 0.3) is 0 Å². The molecule has 0 aliphatic rings. The van der Waals surface area contributed by atoms with E-state index in [2.05, 4.69) is 4.98 Å². The summed E-state index contributed by atoms with van der Waals surface area (Å²) in [5.74, 6) is 0. The predicted octanol–water partition coefficient (Wildman–Crippen LogP) is 2.13. The largest absolute Gasteiger partial charge is 0.397 e. The fourth-order valence-electron chi connectivity index (χ4n) is 1.29. The molecule has 1 aromatic carbocycles. The molecule has 0 saturated carbocycles. The second-order valence-electron chi connectivity index (χ2n) is 2.86. The van der Waals surface area contributed by atoms with Gasteiger partial charge in [-0.2, -0.15) is 0 Å². The lowest BCUT2D eigenvalue weighted by atomic mass is 10.1. The molecule has 2 heteroatoms. The van der Waals surface area contributed by atoms with Crippen LogP contribution in [0.15, 0.2) is 30.5 Å². The molecular weight excluding hydrogens is 148 g/mol. The van der Waals surface area contributed by atoms with Crippen LogP contribution in [-0.2, 0) is 0 Å². The molecule has 0 saturated heterocycles. The predicted molar refractivity (Wildman–Crippen MR) is 50.9 cm³/mol. The van der Waals surface area contributed by atoms with Gasteiger partial charge in [-0.15, -0.1) is 0 Å². The van der Waals surface area contributed by atoms with Crippen molar-refractivity contribution in [1.82, 2.24) is 4.98 Å². The SMILES string of the molecule is Cc1c(N)cnc2ccccc12. The average Bonchev–Trinajstić information content (AvgIpc) is 2.12. The van der Waals surface area contributed by atoms with Crippen LogP contribution in [0.25, 0.3) is 10.9 Å². The maximum Gasteiger partial charge on any atom is 0.0706 e. The van der Waals surface area contributed by atoms with Crippen LogP contribution in [0.2, 0.25) is 0 Å². The number of nitrogen functional groups attached to an aromatic ring is 1. The zero-order chi connectivity index (χ0) is 8.55. The number of aryl methyl sites for hydroxylation is 1. The summed E-state index contributed by atoms with van der Waals surface area (Å²) in [5, 5.41) is 1.14. The van der Waals surface area contributed by atoms with Gasteiger partial charge in [0.05, 0.1) is 17.4 Å². The minimum absolute atomic E-state index is 0.758. The first-order valence-electron chi connectivity index (χ1n) is 3.89. The summed E-state index contributed by atoms with van der Waals surface area (Å²) in [4.78, 5) is 4.22. The van der Waals surface area contributed by atoms with Crippen LogP contribution in [0.3, 0.4) is 0 Å². The van der Waals surface area contributed by atoms with Crippen LogP contribution in [0.4, 0.5) is 5.69 Å². The Morgan fingerprint density at radius 1 is 1.25 bits per heavy atom. The molecule has 0 amide bonds. The van der Waals surface area contributed by atoms with Crippen LogP contribution in [0.5, 0.6) is 0 Å². The zero-order valence-electron chi connectivity index (χ0n) is 6.91. The third-order valence-corrected chi connectivity index (χ3v) is 2.08. The first-order chi connectivity index (χ1) is 5.79. The van der Waals surface area contributed by atoms with Crippen LogP contribution in [-0.4, -0.2) is 4.98 Å². The Morgan fingerprint density at radius 3 is 2.83 bits per heavy atom. The van der Waals surface area contributed by atoms with E-state index in [9.17, 15) is 0 Å². The maximum atomic E-state index is 5.72. The summed E-state index contributed by atoms with van der Waals surface area (Å²) in [6, 6.07) is 8.00. The molecule has 0 fully saturated rings. The molecule has 0 bridgehead atoms. The highest BCUT2D eigenvalue weighted by Crippen LogP contribution is 2.19. The molecule has 0 aliphatic heterocycles. The highest BCUT2D eigenvalue weighted by molar-refractivity contribution is 5.85. The van der Waals surface area contributed by atoms with E-state index in [1.54, 1.807) is 6.20 Å². The van der Waals surface area contributed by atoms with Crippen molar-refractivity contribution in [2.45, 2.75) is 6.92 Å². The number of rotatable bonds is 0. The lowest BCUT2D eigenvalue weighted by Crippen LogP contribution is -1.92. The van der Waals surface area contributed by atoms with Crippen molar-refractivity contribution in [2.75, 3.05) is 5.73 Å². The van der Waals surface area contributed by atoms with Crippen LogP contribution in [0, 0.1) is 6.92 Å². The molecule has 2 aromatic rings. The minimum Gasteiger partial charge on any atom is -0.397 e. The highest BCUT2D eigenvalue weighted by Gasteiger charge is 1.99. The number of hydrogen-bond acceptors (Lipinski definition) is 2. The Kier molecular flexibility index (Phi) is 1.47. The molecule has 0 spiro atoms. The van der Waals surface area contributed by atoms with Gasteiger partial charge in [-0.1, -0.05) is 18.2 Å². The number of pyridine rings is 1. The van der Waals surface area contributed by atoms with Gasteiger partial charge in [-0.25, -0.2) is 0 Å². The van der Waals surface area contributed by atoms with Gasteiger partial charge in [0.1, 0.15) is 0 Å². The van der Waals surface area contributed by atoms with Crippen LogP contribution < -0.4 is 5.73 Å². The fraction of sp³-hybridized carbons (Fsp3) is 0.100. The van der Waals surface area contributed by atoms with Gasteiger partial charge in [0, 0.05) is 5.39 Å². The summed E-state index contributed by atoms with van der Waals surface area (Å²) in [5.41, 5.74) is 8.60. The van der Waals surface area contributed by atoms with Crippen LogP contribution in [0.1, 0.15) is 5.56 Å². The molecular formula is C10H10N2.